The molecule has 1 atom stereocenters. The highest BCUT2D eigenvalue weighted by Crippen LogP contribution is 2.23. The van der Waals surface area contributed by atoms with Gasteiger partial charge in [0, 0.05) is 11.9 Å². The van der Waals surface area contributed by atoms with Gasteiger partial charge in [-0.15, -0.1) is 0 Å². The molecule has 3 N–H and O–H groups in total. The van der Waals surface area contributed by atoms with E-state index in [1.807, 2.05) is 0 Å². The number of aromatic nitrogens is 2. The maximum Gasteiger partial charge on any atom is 0.246 e. The largest absolute Gasteiger partial charge is 0.457 e. The average Bonchev–Trinajstić information content (AvgIpc) is 3.09. The fourth-order valence-corrected chi connectivity index (χ4v) is 2.58. The van der Waals surface area contributed by atoms with Crippen LogP contribution in [-0.2, 0) is 16.0 Å². The Morgan fingerprint density at radius 2 is 1.72 bits per heavy atom. The molecule has 29 heavy (non-hydrogen) atoms. The van der Waals surface area contributed by atoms with Crippen LogP contribution in [0.5, 0.6) is 11.5 Å². The number of imidazole rings is 1. The van der Waals surface area contributed by atoms with Gasteiger partial charge >= 0.3 is 0 Å². The van der Waals surface area contributed by atoms with Crippen molar-refractivity contribution in [3.05, 3.63) is 72.1 Å². The third kappa shape index (κ3) is 5.90. The average molecular weight is 396 g/mol. The Kier molecular flexibility index (Phi) is 6.23. The number of halogens is 1. The van der Waals surface area contributed by atoms with Crippen molar-refractivity contribution in [2.75, 3.05) is 5.32 Å². The van der Waals surface area contributed by atoms with Crippen LogP contribution in [0.25, 0.3) is 0 Å². The van der Waals surface area contributed by atoms with Crippen LogP contribution in [0.1, 0.15) is 18.4 Å². The fourth-order valence-electron chi connectivity index (χ4n) is 2.58. The zero-order chi connectivity index (χ0) is 20.8. The quantitative estimate of drug-likeness (QED) is 0.571. The first-order valence-electron chi connectivity index (χ1n) is 9.03. The lowest BCUT2D eigenvalue weighted by Gasteiger charge is -2.14. The van der Waals surface area contributed by atoms with Gasteiger partial charge in [0.2, 0.25) is 11.8 Å². The van der Waals surface area contributed by atoms with Gasteiger partial charge in [-0.25, -0.2) is 9.37 Å². The molecule has 8 heteroatoms. The van der Waals surface area contributed by atoms with E-state index in [0.29, 0.717) is 22.9 Å². The molecule has 0 saturated heterocycles. The number of ether oxygens (including phenoxy) is 1. The van der Waals surface area contributed by atoms with Crippen molar-refractivity contribution >= 4 is 17.5 Å². The minimum Gasteiger partial charge on any atom is -0.457 e. The molecule has 3 rings (SSSR count). The first-order valence-corrected chi connectivity index (χ1v) is 9.03. The van der Waals surface area contributed by atoms with Gasteiger partial charge in [0.25, 0.3) is 0 Å². The van der Waals surface area contributed by atoms with E-state index in [2.05, 4.69) is 20.6 Å². The molecule has 0 bridgehead atoms. The molecule has 0 radical (unpaired) electrons. The molecular weight excluding hydrogens is 375 g/mol. The number of nitrogens with one attached hydrogen (secondary N) is 3. The summed E-state index contributed by atoms with van der Waals surface area (Å²) in [5.74, 6) is 0.810. The molecule has 1 unspecified atom stereocenters. The standard InChI is InChI=1S/C21H21FN4O3/c1-13(24-20(27)11-17-12-23-14(2)25-17)21(28)26-16-5-9-19(10-6-16)29-18-7-3-15(22)4-8-18/h3-10,12-13H,11H2,1-2H3,(H,23,25)(H,24,27)(H,26,28). The molecule has 1 aromatic heterocycles. The monoisotopic (exact) mass is 396 g/mol. The van der Waals surface area contributed by atoms with Crippen LogP contribution in [0.3, 0.4) is 0 Å². The summed E-state index contributed by atoms with van der Waals surface area (Å²) in [5, 5.41) is 5.38. The predicted molar refractivity (Wildman–Crippen MR) is 106 cm³/mol. The van der Waals surface area contributed by atoms with Gasteiger partial charge in [-0.2, -0.15) is 0 Å². The second-order valence-corrected chi connectivity index (χ2v) is 6.51. The number of amides is 2. The van der Waals surface area contributed by atoms with Gasteiger partial charge in [0.1, 0.15) is 29.2 Å². The number of H-pyrrole nitrogens is 1. The zero-order valence-electron chi connectivity index (χ0n) is 16.0. The number of hydrogen-bond donors (Lipinski definition) is 3. The van der Waals surface area contributed by atoms with E-state index >= 15 is 0 Å². The molecule has 0 aliphatic heterocycles. The van der Waals surface area contributed by atoms with Crippen LogP contribution >= 0.6 is 0 Å². The van der Waals surface area contributed by atoms with Crippen LogP contribution in [0.4, 0.5) is 10.1 Å². The molecule has 0 aliphatic carbocycles. The Morgan fingerprint density at radius 1 is 1.10 bits per heavy atom. The van der Waals surface area contributed by atoms with E-state index in [9.17, 15) is 14.0 Å². The van der Waals surface area contributed by atoms with Gasteiger partial charge in [-0.1, -0.05) is 0 Å². The Bertz CT molecular complexity index is 984. The predicted octanol–water partition coefficient (Wildman–Crippen LogP) is 3.34. The molecule has 0 aliphatic rings. The highest BCUT2D eigenvalue weighted by atomic mass is 19.1. The first kappa shape index (κ1) is 20.1. The summed E-state index contributed by atoms with van der Waals surface area (Å²) in [6.45, 7) is 3.41. The van der Waals surface area contributed by atoms with E-state index in [0.717, 1.165) is 5.82 Å². The van der Waals surface area contributed by atoms with Gasteiger partial charge in [-0.3, -0.25) is 9.59 Å². The Morgan fingerprint density at radius 3 is 2.31 bits per heavy atom. The van der Waals surface area contributed by atoms with E-state index in [4.69, 9.17) is 4.74 Å². The van der Waals surface area contributed by atoms with E-state index in [-0.39, 0.29) is 24.1 Å². The maximum atomic E-state index is 12.9. The molecule has 2 aromatic carbocycles. The summed E-state index contributed by atoms with van der Waals surface area (Å²) in [6, 6.07) is 11.7. The number of nitrogens with zero attached hydrogens (tertiary/aromatic N) is 1. The molecule has 7 nitrogen and oxygen atoms in total. The van der Waals surface area contributed by atoms with Crippen molar-refractivity contribution in [1.82, 2.24) is 15.3 Å². The summed E-state index contributed by atoms with van der Waals surface area (Å²) < 4.78 is 18.5. The van der Waals surface area contributed by atoms with Crippen LogP contribution in [0.2, 0.25) is 0 Å². The lowest BCUT2D eigenvalue weighted by Crippen LogP contribution is -2.42. The molecule has 2 amide bonds. The summed E-state index contributed by atoms with van der Waals surface area (Å²) in [6.07, 6.45) is 1.76. The smallest absolute Gasteiger partial charge is 0.246 e. The number of hydrogen-bond acceptors (Lipinski definition) is 4. The number of anilines is 1. The third-order valence-corrected chi connectivity index (χ3v) is 4.04. The van der Waals surface area contributed by atoms with Gasteiger partial charge < -0.3 is 20.4 Å². The highest BCUT2D eigenvalue weighted by Gasteiger charge is 2.16. The second kappa shape index (κ2) is 9.01. The number of carbonyl (C=O) groups is 2. The lowest BCUT2D eigenvalue weighted by atomic mass is 10.2. The van der Waals surface area contributed by atoms with Crippen molar-refractivity contribution in [1.29, 1.82) is 0 Å². The van der Waals surface area contributed by atoms with E-state index in [1.54, 1.807) is 44.3 Å². The normalized spacial score (nSPS) is 11.6. The van der Waals surface area contributed by atoms with Gasteiger partial charge in [-0.05, 0) is 62.4 Å². The van der Waals surface area contributed by atoms with Crippen LogP contribution in [0, 0.1) is 12.7 Å². The molecule has 150 valence electrons. The molecule has 0 fully saturated rings. The summed E-state index contributed by atoms with van der Waals surface area (Å²) >= 11 is 0. The van der Waals surface area contributed by atoms with Gasteiger partial charge in [0.05, 0.1) is 12.1 Å². The zero-order valence-corrected chi connectivity index (χ0v) is 16.0. The third-order valence-electron chi connectivity index (χ3n) is 4.04. The number of carbonyl (C=O) groups excluding carboxylic acids is 2. The molecule has 1 heterocycles. The van der Waals surface area contributed by atoms with Crippen molar-refractivity contribution in [2.45, 2.75) is 26.3 Å². The minimum absolute atomic E-state index is 0.0946. The van der Waals surface area contributed by atoms with Crippen molar-refractivity contribution in [3.8, 4) is 11.5 Å². The van der Waals surface area contributed by atoms with E-state index < -0.39 is 6.04 Å². The number of aromatic amines is 1. The molecule has 0 spiro atoms. The van der Waals surface area contributed by atoms with Crippen LogP contribution in [-0.4, -0.2) is 27.8 Å². The lowest BCUT2D eigenvalue weighted by molar-refractivity contribution is -0.125. The van der Waals surface area contributed by atoms with Crippen molar-refractivity contribution < 1.29 is 18.7 Å². The first-order chi connectivity index (χ1) is 13.9. The van der Waals surface area contributed by atoms with Crippen molar-refractivity contribution in [2.24, 2.45) is 0 Å². The fraction of sp³-hybridized carbons (Fsp3) is 0.190. The number of benzene rings is 2. The summed E-state index contributed by atoms with van der Waals surface area (Å²) in [4.78, 5) is 31.4. The SMILES string of the molecule is Cc1nc(CC(=O)NC(C)C(=O)Nc2ccc(Oc3ccc(F)cc3)cc2)c[nH]1. The number of rotatable bonds is 7. The second-order valence-electron chi connectivity index (χ2n) is 6.51. The molecule has 3 aromatic rings. The Hall–Kier alpha value is -3.68. The number of aryl methyl sites for hydroxylation is 1. The molecule has 0 saturated carbocycles. The Labute approximate surface area is 167 Å². The highest BCUT2D eigenvalue weighted by molar-refractivity contribution is 5.97. The van der Waals surface area contributed by atoms with Gasteiger partial charge in [0.15, 0.2) is 0 Å². The van der Waals surface area contributed by atoms with Crippen LogP contribution in [0.15, 0.2) is 54.7 Å². The summed E-state index contributed by atoms with van der Waals surface area (Å²) in [7, 11) is 0. The maximum absolute atomic E-state index is 12.9. The topological polar surface area (TPSA) is 96.1 Å². The van der Waals surface area contributed by atoms with E-state index in [1.165, 1.54) is 24.3 Å². The Balaban J connectivity index is 1.50. The minimum atomic E-state index is -0.710. The summed E-state index contributed by atoms with van der Waals surface area (Å²) in [5.41, 5.74) is 1.18. The van der Waals surface area contributed by atoms with Crippen molar-refractivity contribution in [3.63, 3.8) is 0 Å². The van der Waals surface area contributed by atoms with Crippen LogP contribution < -0.4 is 15.4 Å². The molecular formula is C21H21FN4O3.